The highest BCUT2D eigenvalue weighted by Crippen LogP contribution is 2.31. The first kappa shape index (κ1) is 18.7. The van der Waals surface area contributed by atoms with Crippen LogP contribution >= 0.6 is 27.5 Å². The number of Topliss-reactive ketones (excluding diaryl/α,β-unsaturated/α-hetero) is 2. The third-order valence-corrected chi connectivity index (χ3v) is 5.35. The molecule has 0 unspecified atom stereocenters. The zero-order valence-electron chi connectivity index (χ0n) is 14.6. The molecule has 0 saturated heterocycles. The fourth-order valence-corrected chi connectivity index (χ4v) is 3.67. The number of hydrogen-bond donors (Lipinski definition) is 0. The molecule has 0 heterocycles. The highest BCUT2D eigenvalue weighted by molar-refractivity contribution is 9.10. The molecule has 0 bridgehead atoms. The molecule has 0 atom stereocenters. The number of halogens is 2. The van der Waals surface area contributed by atoms with Crippen LogP contribution in [0.4, 0.5) is 0 Å². The molecule has 0 fully saturated rings. The highest BCUT2D eigenvalue weighted by Gasteiger charge is 2.32. The van der Waals surface area contributed by atoms with Crippen molar-refractivity contribution in [2.45, 2.75) is 6.61 Å². The van der Waals surface area contributed by atoms with Gasteiger partial charge in [0.1, 0.15) is 12.4 Å². The van der Waals surface area contributed by atoms with Gasteiger partial charge in [-0.25, -0.2) is 0 Å². The van der Waals surface area contributed by atoms with E-state index in [9.17, 15) is 9.59 Å². The molecule has 28 heavy (non-hydrogen) atoms. The van der Waals surface area contributed by atoms with E-state index in [0.29, 0.717) is 28.5 Å². The van der Waals surface area contributed by atoms with Gasteiger partial charge in [0.25, 0.3) is 0 Å². The van der Waals surface area contributed by atoms with Crippen LogP contribution in [0.2, 0.25) is 5.02 Å². The van der Waals surface area contributed by atoms with E-state index < -0.39 is 0 Å². The Kier molecular flexibility index (Phi) is 5.16. The number of benzene rings is 3. The summed E-state index contributed by atoms with van der Waals surface area (Å²) in [5.74, 6) is 0.198. The average Bonchev–Trinajstić information content (AvgIpc) is 2.94. The fraction of sp³-hybridized carbons (Fsp3) is 0.0435. The normalized spacial score (nSPS) is 12.9. The Morgan fingerprint density at radius 1 is 0.893 bits per heavy atom. The van der Waals surface area contributed by atoms with Gasteiger partial charge in [0.2, 0.25) is 0 Å². The summed E-state index contributed by atoms with van der Waals surface area (Å²) < 4.78 is 6.58. The third kappa shape index (κ3) is 3.66. The predicted molar refractivity (Wildman–Crippen MR) is 113 cm³/mol. The zero-order chi connectivity index (χ0) is 19.7. The minimum atomic E-state index is -0.236. The second kappa shape index (κ2) is 7.74. The van der Waals surface area contributed by atoms with Gasteiger partial charge in [0, 0.05) is 16.1 Å². The van der Waals surface area contributed by atoms with Crippen molar-refractivity contribution in [1.29, 1.82) is 0 Å². The summed E-state index contributed by atoms with van der Waals surface area (Å²) >= 11 is 9.38. The van der Waals surface area contributed by atoms with Crippen LogP contribution in [0.3, 0.4) is 0 Å². The van der Waals surface area contributed by atoms with Crippen molar-refractivity contribution in [3.63, 3.8) is 0 Å². The van der Waals surface area contributed by atoms with Crippen molar-refractivity contribution in [3.05, 3.63) is 104 Å². The van der Waals surface area contributed by atoms with Gasteiger partial charge >= 0.3 is 0 Å². The molecule has 0 aromatic heterocycles. The third-order valence-electron chi connectivity index (χ3n) is 4.48. The molecule has 5 heteroatoms. The second-order valence-corrected chi connectivity index (χ2v) is 7.66. The Morgan fingerprint density at radius 2 is 1.54 bits per heavy atom. The summed E-state index contributed by atoms with van der Waals surface area (Å²) in [6, 6.07) is 19.8. The lowest BCUT2D eigenvalue weighted by molar-refractivity contribution is 0.0990. The van der Waals surface area contributed by atoms with Gasteiger partial charge in [-0.3, -0.25) is 9.59 Å². The molecule has 3 aromatic carbocycles. The van der Waals surface area contributed by atoms with E-state index in [-0.39, 0.29) is 17.1 Å². The van der Waals surface area contributed by atoms with Crippen molar-refractivity contribution >= 4 is 45.2 Å². The number of carbonyl (C=O) groups is 2. The van der Waals surface area contributed by atoms with Crippen molar-refractivity contribution in [1.82, 2.24) is 0 Å². The standard InChI is InChI=1S/C23H14BrClO3/c24-20-12-15(7-10-21(20)28-13-14-5-8-16(25)9-6-14)11-19-22(26)17-3-1-2-4-18(17)23(19)27/h1-12H,13H2. The Morgan fingerprint density at radius 3 is 2.14 bits per heavy atom. The lowest BCUT2D eigenvalue weighted by Gasteiger charge is -2.09. The summed E-state index contributed by atoms with van der Waals surface area (Å²) in [7, 11) is 0. The molecule has 3 nitrogen and oxygen atoms in total. The average molecular weight is 454 g/mol. The van der Waals surface area contributed by atoms with Gasteiger partial charge in [0.15, 0.2) is 11.6 Å². The van der Waals surface area contributed by atoms with Crippen LogP contribution in [0, 0.1) is 0 Å². The maximum atomic E-state index is 12.5. The summed E-state index contributed by atoms with van der Waals surface area (Å²) in [6.45, 7) is 0.405. The van der Waals surface area contributed by atoms with Crippen molar-refractivity contribution < 1.29 is 14.3 Å². The van der Waals surface area contributed by atoms with Gasteiger partial charge in [-0.2, -0.15) is 0 Å². The Bertz CT molecular complexity index is 1080. The van der Waals surface area contributed by atoms with Crippen LogP contribution in [-0.4, -0.2) is 11.6 Å². The Hall–Kier alpha value is -2.69. The van der Waals surface area contributed by atoms with Gasteiger partial charge in [-0.05, 0) is 57.4 Å². The van der Waals surface area contributed by atoms with Gasteiger partial charge in [-0.1, -0.05) is 54.1 Å². The second-order valence-electron chi connectivity index (χ2n) is 6.37. The SMILES string of the molecule is O=C1C(=Cc2ccc(OCc3ccc(Cl)cc3)c(Br)c2)C(=O)c2ccccc21. The first-order valence-electron chi connectivity index (χ1n) is 8.60. The number of rotatable bonds is 4. The lowest BCUT2D eigenvalue weighted by atomic mass is 10.1. The Labute approximate surface area is 175 Å². The van der Waals surface area contributed by atoms with Gasteiger partial charge in [0.05, 0.1) is 10.0 Å². The van der Waals surface area contributed by atoms with Crippen molar-refractivity contribution in [2.24, 2.45) is 0 Å². The van der Waals surface area contributed by atoms with E-state index in [0.717, 1.165) is 15.6 Å². The van der Waals surface area contributed by atoms with Crippen LogP contribution in [0.25, 0.3) is 6.08 Å². The maximum absolute atomic E-state index is 12.5. The molecule has 1 aliphatic carbocycles. The molecule has 0 N–H and O–H groups in total. The predicted octanol–water partition coefficient (Wildman–Crippen LogP) is 6.14. The monoisotopic (exact) mass is 452 g/mol. The topological polar surface area (TPSA) is 43.4 Å². The molecule has 3 aromatic rings. The quantitative estimate of drug-likeness (QED) is 0.352. The fourth-order valence-electron chi connectivity index (χ4n) is 3.04. The summed E-state index contributed by atoms with van der Waals surface area (Å²) in [4.78, 5) is 25.0. The van der Waals surface area contributed by atoms with Crippen molar-refractivity contribution in [3.8, 4) is 5.75 Å². The zero-order valence-corrected chi connectivity index (χ0v) is 17.0. The maximum Gasteiger partial charge on any atom is 0.197 e. The van der Waals surface area contributed by atoms with E-state index in [1.165, 1.54) is 0 Å². The summed E-state index contributed by atoms with van der Waals surface area (Å²) in [5, 5.41) is 0.681. The summed E-state index contributed by atoms with van der Waals surface area (Å²) in [6.07, 6.45) is 1.62. The first-order valence-corrected chi connectivity index (χ1v) is 9.77. The minimum Gasteiger partial charge on any atom is -0.488 e. The van der Waals surface area contributed by atoms with Crippen LogP contribution in [0.1, 0.15) is 31.8 Å². The van der Waals surface area contributed by atoms with E-state index >= 15 is 0 Å². The largest absolute Gasteiger partial charge is 0.488 e. The van der Waals surface area contributed by atoms with Crippen LogP contribution in [-0.2, 0) is 6.61 Å². The number of fused-ring (bicyclic) bond motifs is 1. The van der Waals surface area contributed by atoms with E-state index in [4.69, 9.17) is 16.3 Å². The molecule has 0 saturated carbocycles. The molecular weight excluding hydrogens is 440 g/mol. The Balaban J connectivity index is 1.54. The van der Waals surface area contributed by atoms with Crippen LogP contribution < -0.4 is 4.74 Å². The molecule has 0 aliphatic heterocycles. The molecule has 138 valence electrons. The summed E-state index contributed by atoms with van der Waals surface area (Å²) in [5.41, 5.74) is 2.85. The number of allylic oxidation sites excluding steroid dienone is 1. The number of carbonyl (C=O) groups excluding carboxylic acids is 2. The van der Waals surface area contributed by atoms with Gasteiger partial charge in [-0.15, -0.1) is 0 Å². The van der Waals surface area contributed by atoms with Crippen LogP contribution in [0.5, 0.6) is 5.75 Å². The first-order chi connectivity index (χ1) is 13.5. The molecule has 0 radical (unpaired) electrons. The molecule has 0 amide bonds. The van der Waals surface area contributed by atoms with E-state index in [1.54, 1.807) is 30.3 Å². The van der Waals surface area contributed by atoms with Crippen molar-refractivity contribution in [2.75, 3.05) is 0 Å². The smallest absolute Gasteiger partial charge is 0.197 e. The number of ketones is 2. The molecular formula is C23H14BrClO3. The lowest BCUT2D eigenvalue weighted by Crippen LogP contribution is -2.00. The highest BCUT2D eigenvalue weighted by atomic mass is 79.9. The van der Waals surface area contributed by atoms with E-state index in [1.807, 2.05) is 42.5 Å². The number of hydrogen-bond acceptors (Lipinski definition) is 3. The van der Waals surface area contributed by atoms with Gasteiger partial charge < -0.3 is 4.74 Å². The molecule has 0 spiro atoms. The van der Waals surface area contributed by atoms with E-state index in [2.05, 4.69) is 15.9 Å². The molecule has 4 rings (SSSR count). The molecule has 1 aliphatic rings. The number of ether oxygens (including phenoxy) is 1. The minimum absolute atomic E-state index is 0.183. The van der Waals surface area contributed by atoms with Crippen LogP contribution in [0.15, 0.2) is 76.8 Å².